The summed E-state index contributed by atoms with van der Waals surface area (Å²) in [5.41, 5.74) is 0. The Bertz CT molecular complexity index is 228. The predicted octanol–water partition coefficient (Wildman–Crippen LogP) is 1.44. The smallest absolute Gasteiger partial charge is 0.306 e. The number of esters is 1. The van der Waals surface area contributed by atoms with E-state index in [1.54, 1.807) is 13.8 Å². The number of carbonyl (C=O) groups is 2. The summed E-state index contributed by atoms with van der Waals surface area (Å²) in [6.07, 6.45) is 1.50. The largest absolute Gasteiger partial charge is 0.481 e. The first-order valence-corrected chi connectivity index (χ1v) is 4.91. The molecular weight excluding hydrogens is 184 g/mol. The molecule has 0 amide bonds. The molecule has 4 heteroatoms. The van der Waals surface area contributed by atoms with E-state index in [4.69, 9.17) is 9.84 Å². The van der Waals surface area contributed by atoms with Crippen LogP contribution < -0.4 is 0 Å². The van der Waals surface area contributed by atoms with Crippen LogP contribution in [0, 0.1) is 11.8 Å². The highest BCUT2D eigenvalue weighted by atomic mass is 16.5. The summed E-state index contributed by atoms with van der Waals surface area (Å²) in [6, 6.07) is 0. The van der Waals surface area contributed by atoms with Gasteiger partial charge in [0.15, 0.2) is 0 Å². The quantitative estimate of drug-likeness (QED) is 0.697. The van der Waals surface area contributed by atoms with Crippen LogP contribution in [-0.2, 0) is 14.3 Å². The fraction of sp³-hybridized carbons (Fsp3) is 0.800. The molecule has 0 aromatic carbocycles. The van der Waals surface area contributed by atoms with E-state index < -0.39 is 5.97 Å². The topological polar surface area (TPSA) is 63.6 Å². The number of carboxylic acid groups (broad SMARTS) is 1. The first kappa shape index (κ1) is 11.0. The minimum atomic E-state index is -0.751. The standard InChI is InChI=1S/C10H16O4/c1-6(2)14-9(11)5-7-3-8(4-7)10(12)13/h6-8H,3-5H2,1-2H3,(H,12,13). The second-order valence-electron chi connectivity index (χ2n) is 4.12. The van der Waals surface area contributed by atoms with Gasteiger partial charge >= 0.3 is 11.9 Å². The van der Waals surface area contributed by atoms with Crippen molar-refractivity contribution in [1.82, 2.24) is 0 Å². The Morgan fingerprint density at radius 2 is 2.00 bits per heavy atom. The monoisotopic (exact) mass is 200 g/mol. The zero-order valence-corrected chi connectivity index (χ0v) is 8.53. The Labute approximate surface area is 83.2 Å². The summed E-state index contributed by atoms with van der Waals surface area (Å²) in [5.74, 6) is -0.999. The lowest BCUT2D eigenvalue weighted by Gasteiger charge is -2.31. The molecule has 1 aliphatic rings. The molecule has 0 aromatic heterocycles. The van der Waals surface area contributed by atoms with Gasteiger partial charge in [0.1, 0.15) is 0 Å². The van der Waals surface area contributed by atoms with Crippen molar-refractivity contribution >= 4 is 11.9 Å². The van der Waals surface area contributed by atoms with Crippen LogP contribution in [0.5, 0.6) is 0 Å². The number of hydrogen-bond acceptors (Lipinski definition) is 3. The molecule has 0 aliphatic heterocycles. The van der Waals surface area contributed by atoms with Crippen molar-refractivity contribution in [3.63, 3.8) is 0 Å². The fourth-order valence-electron chi connectivity index (χ4n) is 1.65. The van der Waals surface area contributed by atoms with Crippen LogP contribution in [0.15, 0.2) is 0 Å². The molecule has 1 saturated carbocycles. The first-order valence-electron chi connectivity index (χ1n) is 4.91. The molecule has 0 bridgehead atoms. The second kappa shape index (κ2) is 4.44. The molecule has 0 spiro atoms. The van der Waals surface area contributed by atoms with Crippen LogP contribution in [0.3, 0.4) is 0 Å². The molecule has 0 atom stereocenters. The van der Waals surface area contributed by atoms with Crippen LogP contribution in [0.25, 0.3) is 0 Å². The normalized spacial score (nSPS) is 25.6. The van der Waals surface area contributed by atoms with Crippen molar-refractivity contribution in [2.45, 2.75) is 39.2 Å². The Kier molecular flexibility index (Phi) is 3.49. The summed E-state index contributed by atoms with van der Waals surface area (Å²) < 4.78 is 4.97. The van der Waals surface area contributed by atoms with E-state index in [0.717, 1.165) is 0 Å². The lowest BCUT2D eigenvalue weighted by atomic mass is 9.73. The summed E-state index contributed by atoms with van der Waals surface area (Å²) in [6.45, 7) is 3.61. The number of rotatable bonds is 4. The van der Waals surface area contributed by atoms with Gasteiger partial charge in [-0.2, -0.15) is 0 Å². The third-order valence-corrected chi connectivity index (χ3v) is 2.41. The average molecular weight is 200 g/mol. The number of aliphatic carboxylic acids is 1. The molecule has 1 fully saturated rings. The second-order valence-corrected chi connectivity index (χ2v) is 4.12. The Morgan fingerprint density at radius 3 is 2.43 bits per heavy atom. The van der Waals surface area contributed by atoms with Crippen LogP contribution in [0.1, 0.15) is 33.1 Å². The Balaban J connectivity index is 2.16. The molecule has 0 heterocycles. The van der Waals surface area contributed by atoms with Gasteiger partial charge in [-0.25, -0.2) is 0 Å². The van der Waals surface area contributed by atoms with Gasteiger partial charge in [-0.3, -0.25) is 9.59 Å². The maximum atomic E-state index is 11.2. The van der Waals surface area contributed by atoms with Gasteiger partial charge in [-0.15, -0.1) is 0 Å². The van der Waals surface area contributed by atoms with E-state index in [-0.39, 0.29) is 23.9 Å². The minimum Gasteiger partial charge on any atom is -0.481 e. The highest BCUT2D eigenvalue weighted by Crippen LogP contribution is 2.36. The molecule has 0 saturated heterocycles. The van der Waals surface area contributed by atoms with E-state index in [0.29, 0.717) is 19.3 Å². The Hall–Kier alpha value is -1.06. The molecule has 1 N–H and O–H groups in total. The average Bonchev–Trinajstić information content (AvgIpc) is 1.93. The first-order chi connectivity index (χ1) is 6.49. The summed E-state index contributed by atoms with van der Waals surface area (Å²) >= 11 is 0. The maximum absolute atomic E-state index is 11.2. The number of carboxylic acids is 1. The zero-order chi connectivity index (χ0) is 10.7. The lowest BCUT2D eigenvalue weighted by molar-refractivity contribution is -0.154. The fourth-order valence-corrected chi connectivity index (χ4v) is 1.65. The Morgan fingerprint density at radius 1 is 1.43 bits per heavy atom. The summed E-state index contributed by atoms with van der Waals surface area (Å²) in [7, 11) is 0. The number of ether oxygens (including phenoxy) is 1. The number of carbonyl (C=O) groups excluding carboxylic acids is 1. The zero-order valence-electron chi connectivity index (χ0n) is 8.53. The molecule has 0 unspecified atom stereocenters. The van der Waals surface area contributed by atoms with Crippen molar-refractivity contribution in [2.75, 3.05) is 0 Å². The highest BCUT2D eigenvalue weighted by Gasteiger charge is 2.35. The van der Waals surface area contributed by atoms with Gasteiger partial charge in [0.05, 0.1) is 12.0 Å². The van der Waals surface area contributed by atoms with Gasteiger partial charge < -0.3 is 9.84 Å². The van der Waals surface area contributed by atoms with Crippen LogP contribution in [0.2, 0.25) is 0 Å². The van der Waals surface area contributed by atoms with E-state index in [1.165, 1.54) is 0 Å². The minimum absolute atomic E-state index is 0.0853. The van der Waals surface area contributed by atoms with E-state index in [9.17, 15) is 9.59 Å². The summed E-state index contributed by atoms with van der Waals surface area (Å²) in [4.78, 5) is 21.6. The molecule has 1 aliphatic carbocycles. The van der Waals surface area contributed by atoms with Crippen molar-refractivity contribution in [2.24, 2.45) is 11.8 Å². The van der Waals surface area contributed by atoms with Crippen LogP contribution in [0.4, 0.5) is 0 Å². The maximum Gasteiger partial charge on any atom is 0.306 e. The molecular formula is C10H16O4. The molecule has 4 nitrogen and oxygen atoms in total. The van der Waals surface area contributed by atoms with E-state index in [1.807, 2.05) is 0 Å². The lowest BCUT2D eigenvalue weighted by Crippen LogP contribution is -2.32. The van der Waals surface area contributed by atoms with Gasteiger partial charge in [-0.1, -0.05) is 0 Å². The van der Waals surface area contributed by atoms with Crippen molar-refractivity contribution < 1.29 is 19.4 Å². The molecule has 14 heavy (non-hydrogen) atoms. The molecule has 0 radical (unpaired) electrons. The highest BCUT2D eigenvalue weighted by molar-refractivity contribution is 5.73. The third kappa shape index (κ3) is 3.01. The van der Waals surface area contributed by atoms with Gasteiger partial charge in [-0.05, 0) is 32.6 Å². The SMILES string of the molecule is CC(C)OC(=O)CC1CC(C(=O)O)C1. The molecule has 1 rings (SSSR count). The van der Waals surface area contributed by atoms with Crippen LogP contribution in [-0.4, -0.2) is 23.1 Å². The van der Waals surface area contributed by atoms with Crippen LogP contribution >= 0.6 is 0 Å². The van der Waals surface area contributed by atoms with Crippen molar-refractivity contribution in [3.8, 4) is 0 Å². The third-order valence-electron chi connectivity index (χ3n) is 2.41. The van der Waals surface area contributed by atoms with Crippen molar-refractivity contribution in [1.29, 1.82) is 0 Å². The molecule has 0 aromatic rings. The van der Waals surface area contributed by atoms with Gasteiger partial charge in [0, 0.05) is 6.42 Å². The van der Waals surface area contributed by atoms with Gasteiger partial charge in [0.25, 0.3) is 0 Å². The molecule has 80 valence electrons. The van der Waals surface area contributed by atoms with E-state index in [2.05, 4.69) is 0 Å². The van der Waals surface area contributed by atoms with Crippen molar-refractivity contribution in [3.05, 3.63) is 0 Å². The predicted molar refractivity (Wildman–Crippen MR) is 49.7 cm³/mol. The van der Waals surface area contributed by atoms with E-state index >= 15 is 0 Å². The van der Waals surface area contributed by atoms with Gasteiger partial charge in [0.2, 0.25) is 0 Å². The summed E-state index contributed by atoms with van der Waals surface area (Å²) in [5, 5.41) is 8.61. The number of hydrogen-bond donors (Lipinski definition) is 1.